The SMILES string of the molecule is C[C@H](C(=O)Nc1ccc(O)c([N+](=O)[O-])c1)c1cccnc1. The van der Waals surface area contributed by atoms with Gasteiger partial charge in [-0.3, -0.25) is 19.9 Å². The van der Waals surface area contributed by atoms with Crippen LogP contribution in [0.25, 0.3) is 0 Å². The van der Waals surface area contributed by atoms with Crippen molar-refractivity contribution in [2.45, 2.75) is 12.8 Å². The van der Waals surface area contributed by atoms with Gasteiger partial charge in [-0.2, -0.15) is 0 Å². The van der Waals surface area contributed by atoms with Crippen LogP contribution in [0.1, 0.15) is 18.4 Å². The lowest BCUT2D eigenvalue weighted by molar-refractivity contribution is -0.385. The minimum Gasteiger partial charge on any atom is -0.502 e. The van der Waals surface area contributed by atoms with Gasteiger partial charge in [0.05, 0.1) is 10.8 Å². The van der Waals surface area contributed by atoms with Crippen LogP contribution in [0.3, 0.4) is 0 Å². The van der Waals surface area contributed by atoms with Gasteiger partial charge in [-0.15, -0.1) is 0 Å². The van der Waals surface area contributed by atoms with E-state index in [1.807, 2.05) is 0 Å². The van der Waals surface area contributed by atoms with Crippen LogP contribution in [-0.2, 0) is 4.79 Å². The Labute approximate surface area is 120 Å². The van der Waals surface area contributed by atoms with Crippen molar-refractivity contribution in [2.75, 3.05) is 5.32 Å². The van der Waals surface area contributed by atoms with E-state index < -0.39 is 22.3 Å². The number of carbonyl (C=O) groups is 1. The average molecular weight is 287 g/mol. The highest BCUT2D eigenvalue weighted by Crippen LogP contribution is 2.29. The van der Waals surface area contributed by atoms with Gasteiger partial charge in [0.25, 0.3) is 0 Å². The first-order valence-corrected chi connectivity index (χ1v) is 6.17. The summed E-state index contributed by atoms with van der Waals surface area (Å²) in [6, 6.07) is 7.18. The molecule has 108 valence electrons. The van der Waals surface area contributed by atoms with Crippen molar-refractivity contribution >= 4 is 17.3 Å². The molecular formula is C14H13N3O4. The molecule has 2 N–H and O–H groups in total. The summed E-state index contributed by atoms with van der Waals surface area (Å²) < 4.78 is 0. The Morgan fingerprint density at radius 3 is 2.81 bits per heavy atom. The number of nitrogens with one attached hydrogen (secondary N) is 1. The molecule has 0 aliphatic heterocycles. The second kappa shape index (κ2) is 6.00. The Balaban J connectivity index is 2.16. The maximum absolute atomic E-state index is 12.1. The zero-order chi connectivity index (χ0) is 15.4. The van der Waals surface area contributed by atoms with E-state index >= 15 is 0 Å². The van der Waals surface area contributed by atoms with Crippen LogP contribution in [-0.4, -0.2) is 20.9 Å². The number of anilines is 1. The van der Waals surface area contributed by atoms with Gasteiger partial charge >= 0.3 is 5.69 Å². The number of pyridine rings is 1. The van der Waals surface area contributed by atoms with Gasteiger partial charge in [0.15, 0.2) is 5.75 Å². The Morgan fingerprint density at radius 2 is 2.19 bits per heavy atom. The summed E-state index contributed by atoms with van der Waals surface area (Å²) in [5.41, 5.74) is 0.533. The van der Waals surface area contributed by atoms with Crippen molar-refractivity contribution in [2.24, 2.45) is 0 Å². The van der Waals surface area contributed by atoms with Crippen LogP contribution < -0.4 is 5.32 Å². The number of phenolic OH excluding ortho intramolecular Hbond substituents is 1. The molecule has 7 nitrogen and oxygen atoms in total. The Hall–Kier alpha value is -2.96. The minimum absolute atomic E-state index is 0.250. The highest BCUT2D eigenvalue weighted by Gasteiger charge is 2.18. The lowest BCUT2D eigenvalue weighted by atomic mass is 10.0. The molecule has 0 aliphatic carbocycles. The molecule has 0 unspecified atom stereocenters. The number of benzene rings is 1. The second-order valence-electron chi connectivity index (χ2n) is 4.46. The van der Waals surface area contributed by atoms with E-state index in [0.29, 0.717) is 0 Å². The van der Waals surface area contributed by atoms with Crippen molar-refractivity contribution in [1.82, 2.24) is 4.98 Å². The maximum atomic E-state index is 12.1. The van der Waals surface area contributed by atoms with Gasteiger partial charge in [-0.25, -0.2) is 0 Å². The van der Waals surface area contributed by atoms with Crippen molar-refractivity contribution in [3.8, 4) is 5.75 Å². The summed E-state index contributed by atoms with van der Waals surface area (Å²) in [6.45, 7) is 1.71. The third-order valence-electron chi connectivity index (χ3n) is 3.02. The zero-order valence-corrected chi connectivity index (χ0v) is 11.2. The van der Waals surface area contributed by atoms with Gasteiger partial charge in [0, 0.05) is 24.1 Å². The van der Waals surface area contributed by atoms with Crippen LogP contribution >= 0.6 is 0 Å². The first kappa shape index (κ1) is 14.4. The monoisotopic (exact) mass is 287 g/mol. The van der Waals surface area contributed by atoms with Crippen molar-refractivity contribution in [3.05, 3.63) is 58.4 Å². The Kier molecular flexibility index (Phi) is 4.13. The standard InChI is InChI=1S/C14H13N3O4/c1-9(10-3-2-6-15-8-10)14(19)16-11-4-5-13(18)12(7-11)17(20)21/h2-9,18H,1H3,(H,16,19)/t9-/m0/s1. The number of hydrogen-bond acceptors (Lipinski definition) is 5. The Morgan fingerprint density at radius 1 is 1.43 bits per heavy atom. The molecule has 0 radical (unpaired) electrons. The third-order valence-corrected chi connectivity index (χ3v) is 3.02. The smallest absolute Gasteiger partial charge is 0.312 e. The number of nitro benzene ring substituents is 1. The van der Waals surface area contributed by atoms with Crippen LogP contribution in [0.15, 0.2) is 42.7 Å². The molecule has 0 aliphatic rings. The van der Waals surface area contributed by atoms with Crippen LogP contribution in [0, 0.1) is 10.1 Å². The summed E-state index contributed by atoms with van der Waals surface area (Å²) in [5, 5.41) is 22.7. The highest BCUT2D eigenvalue weighted by molar-refractivity contribution is 5.95. The van der Waals surface area contributed by atoms with Crippen LogP contribution in [0.2, 0.25) is 0 Å². The molecule has 21 heavy (non-hydrogen) atoms. The summed E-state index contributed by atoms with van der Waals surface area (Å²) in [4.78, 5) is 26.1. The predicted molar refractivity (Wildman–Crippen MR) is 76.0 cm³/mol. The molecule has 2 rings (SSSR count). The van der Waals surface area contributed by atoms with Crippen LogP contribution in [0.4, 0.5) is 11.4 Å². The normalized spacial score (nSPS) is 11.7. The Bertz CT molecular complexity index is 673. The average Bonchev–Trinajstić information content (AvgIpc) is 2.49. The molecule has 1 aromatic heterocycles. The number of hydrogen-bond donors (Lipinski definition) is 2. The largest absolute Gasteiger partial charge is 0.502 e. The molecule has 7 heteroatoms. The lowest BCUT2D eigenvalue weighted by Gasteiger charge is -2.12. The number of nitro groups is 1. The quantitative estimate of drug-likeness (QED) is 0.510. The molecule has 0 saturated carbocycles. The summed E-state index contributed by atoms with van der Waals surface area (Å²) in [6.07, 6.45) is 3.20. The molecule has 1 heterocycles. The fraction of sp³-hybridized carbons (Fsp3) is 0.143. The van der Waals surface area contributed by atoms with Gasteiger partial charge in [0.1, 0.15) is 0 Å². The zero-order valence-electron chi connectivity index (χ0n) is 11.2. The third kappa shape index (κ3) is 3.33. The molecule has 1 atom stereocenters. The van der Waals surface area contributed by atoms with Crippen LogP contribution in [0.5, 0.6) is 5.75 Å². The van der Waals surface area contributed by atoms with Gasteiger partial charge < -0.3 is 10.4 Å². The topological polar surface area (TPSA) is 105 Å². The molecule has 1 aromatic carbocycles. The molecule has 0 saturated heterocycles. The molecule has 0 spiro atoms. The fourth-order valence-electron chi connectivity index (χ4n) is 1.78. The maximum Gasteiger partial charge on any atom is 0.312 e. The second-order valence-corrected chi connectivity index (χ2v) is 4.46. The van der Waals surface area contributed by atoms with E-state index in [4.69, 9.17) is 0 Å². The van der Waals surface area contributed by atoms with E-state index in [1.54, 1.807) is 31.5 Å². The summed E-state index contributed by atoms with van der Waals surface area (Å²) >= 11 is 0. The number of carbonyl (C=O) groups excluding carboxylic acids is 1. The number of aromatic nitrogens is 1. The summed E-state index contributed by atoms with van der Waals surface area (Å²) in [7, 11) is 0. The van der Waals surface area contributed by atoms with Crippen molar-refractivity contribution in [3.63, 3.8) is 0 Å². The predicted octanol–water partition coefficient (Wildman–Crippen LogP) is 2.44. The lowest BCUT2D eigenvalue weighted by Crippen LogP contribution is -2.19. The first-order valence-electron chi connectivity index (χ1n) is 6.17. The van der Waals surface area contributed by atoms with Gasteiger partial charge in [0.2, 0.25) is 5.91 Å². The number of amides is 1. The van der Waals surface area contributed by atoms with Gasteiger partial charge in [-0.05, 0) is 30.7 Å². The van der Waals surface area contributed by atoms with E-state index in [-0.39, 0.29) is 11.6 Å². The molecule has 0 bridgehead atoms. The van der Waals surface area contributed by atoms with E-state index in [1.165, 1.54) is 12.1 Å². The minimum atomic E-state index is -0.713. The number of aromatic hydroxyl groups is 1. The fourth-order valence-corrected chi connectivity index (χ4v) is 1.78. The molecular weight excluding hydrogens is 274 g/mol. The summed E-state index contributed by atoms with van der Waals surface area (Å²) in [5.74, 6) is -1.21. The first-order chi connectivity index (χ1) is 9.99. The number of phenols is 1. The van der Waals surface area contributed by atoms with Gasteiger partial charge in [-0.1, -0.05) is 6.07 Å². The molecule has 0 fully saturated rings. The van der Waals surface area contributed by atoms with E-state index in [2.05, 4.69) is 10.3 Å². The molecule has 1 amide bonds. The van der Waals surface area contributed by atoms with Crippen molar-refractivity contribution in [1.29, 1.82) is 0 Å². The number of nitrogens with zero attached hydrogens (tertiary/aromatic N) is 2. The van der Waals surface area contributed by atoms with E-state index in [9.17, 15) is 20.0 Å². The highest BCUT2D eigenvalue weighted by atomic mass is 16.6. The number of rotatable bonds is 4. The van der Waals surface area contributed by atoms with E-state index in [0.717, 1.165) is 11.6 Å². The van der Waals surface area contributed by atoms with Crippen molar-refractivity contribution < 1.29 is 14.8 Å². The molecule has 2 aromatic rings.